The van der Waals surface area contributed by atoms with Crippen LogP contribution in [0.15, 0.2) is 36.7 Å². The molecule has 7 heteroatoms. The number of nitrogen functional groups attached to an aromatic ring is 1. The quantitative estimate of drug-likeness (QED) is 0.863. The van der Waals surface area contributed by atoms with Crippen LogP contribution < -0.4 is 11.1 Å². The van der Waals surface area contributed by atoms with Crippen molar-refractivity contribution < 1.29 is 9.53 Å². The highest BCUT2D eigenvalue weighted by molar-refractivity contribution is 5.94. The van der Waals surface area contributed by atoms with Gasteiger partial charge in [0.2, 0.25) is 0 Å². The van der Waals surface area contributed by atoms with Crippen molar-refractivity contribution in [2.45, 2.75) is 0 Å². The zero-order valence-corrected chi connectivity index (χ0v) is 14.3. The van der Waals surface area contributed by atoms with Crippen LogP contribution in [0.4, 0.5) is 5.82 Å². The van der Waals surface area contributed by atoms with Gasteiger partial charge in [-0.1, -0.05) is 12.1 Å². The van der Waals surface area contributed by atoms with Crippen LogP contribution in [-0.2, 0) is 4.74 Å². The molecule has 2 heterocycles. The molecule has 1 amide bonds. The Morgan fingerprint density at radius 3 is 2.84 bits per heavy atom. The summed E-state index contributed by atoms with van der Waals surface area (Å²) in [6, 6.07) is 7.30. The molecule has 25 heavy (non-hydrogen) atoms. The van der Waals surface area contributed by atoms with Gasteiger partial charge in [0.05, 0.1) is 31.3 Å². The summed E-state index contributed by atoms with van der Waals surface area (Å²) < 4.78 is 5.57. The monoisotopic (exact) mass is 341 g/mol. The smallest absolute Gasteiger partial charge is 0.251 e. The van der Waals surface area contributed by atoms with Crippen LogP contribution in [-0.4, -0.2) is 60.7 Å². The number of rotatable bonds is 4. The Morgan fingerprint density at radius 2 is 2.12 bits per heavy atom. The number of benzene rings is 1. The van der Waals surface area contributed by atoms with Crippen molar-refractivity contribution in [1.29, 1.82) is 0 Å². The first kappa shape index (κ1) is 17.3. The van der Waals surface area contributed by atoms with E-state index in [2.05, 4.69) is 27.2 Å². The molecule has 0 unspecified atom stereocenters. The van der Waals surface area contributed by atoms with Crippen molar-refractivity contribution >= 4 is 11.7 Å². The summed E-state index contributed by atoms with van der Waals surface area (Å²) in [7, 11) is 2.07. The van der Waals surface area contributed by atoms with E-state index >= 15 is 0 Å². The molecule has 1 aliphatic heterocycles. The molecule has 1 aromatic carbocycles. The normalized spacial score (nSPS) is 18.5. The van der Waals surface area contributed by atoms with Gasteiger partial charge >= 0.3 is 0 Å². The Bertz CT molecular complexity index is 702. The lowest BCUT2D eigenvalue weighted by Gasteiger charge is -2.19. The summed E-state index contributed by atoms with van der Waals surface area (Å²) in [6.45, 7) is 3.89. The zero-order valence-electron chi connectivity index (χ0n) is 14.3. The lowest BCUT2D eigenvalue weighted by atomic mass is 10.1. The van der Waals surface area contributed by atoms with Gasteiger partial charge in [-0.25, -0.2) is 4.98 Å². The predicted octanol–water partition coefficient (Wildman–Crippen LogP) is 1.03. The molecule has 0 radical (unpaired) electrons. The van der Waals surface area contributed by atoms with Crippen molar-refractivity contribution in [3.05, 3.63) is 42.2 Å². The maximum absolute atomic E-state index is 12.3. The number of likely N-dealkylation sites (N-methyl/N-ethyl adjacent to an activating group) is 1. The van der Waals surface area contributed by atoms with Crippen molar-refractivity contribution in [3.63, 3.8) is 0 Å². The number of ether oxygens (including phenoxy) is 1. The highest BCUT2D eigenvalue weighted by atomic mass is 16.5. The molecule has 1 saturated heterocycles. The molecule has 2 aromatic rings. The van der Waals surface area contributed by atoms with E-state index < -0.39 is 0 Å². The van der Waals surface area contributed by atoms with E-state index in [0.29, 0.717) is 30.5 Å². The standard InChI is InChI=1S/C18H23N5O2/c1-23-6-7-25-12-13(11-23)8-22-18(24)15-4-2-14(3-5-15)16-9-21-17(19)10-20-16/h2-5,9-10,13H,6-8,11-12H2,1H3,(H2,19,21)(H,22,24)/t13-/m0/s1. The second-order valence-electron chi connectivity index (χ2n) is 6.32. The minimum atomic E-state index is -0.0816. The lowest BCUT2D eigenvalue weighted by molar-refractivity contribution is 0.0921. The van der Waals surface area contributed by atoms with Gasteiger partial charge in [0.15, 0.2) is 0 Å². The Morgan fingerprint density at radius 1 is 1.32 bits per heavy atom. The molecule has 132 valence electrons. The van der Waals surface area contributed by atoms with Gasteiger partial charge in [0, 0.05) is 36.7 Å². The third kappa shape index (κ3) is 4.74. The summed E-state index contributed by atoms with van der Waals surface area (Å²) in [4.78, 5) is 22.8. The van der Waals surface area contributed by atoms with E-state index in [1.807, 2.05) is 12.1 Å². The fourth-order valence-corrected chi connectivity index (χ4v) is 2.80. The number of amides is 1. The van der Waals surface area contributed by atoms with Crippen LogP contribution in [0.5, 0.6) is 0 Å². The number of anilines is 1. The van der Waals surface area contributed by atoms with Gasteiger partial charge in [-0.2, -0.15) is 0 Å². The van der Waals surface area contributed by atoms with Crippen LogP contribution in [0.1, 0.15) is 10.4 Å². The topological polar surface area (TPSA) is 93.4 Å². The van der Waals surface area contributed by atoms with E-state index in [1.165, 1.54) is 6.20 Å². The third-order valence-corrected chi connectivity index (χ3v) is 4.21. The molecule has 1 atom stereocenters. The Hall–Kier alpha value is -2.51. The molecule has 1 aromatic heterocycles. The van der Waals surface area contributed by atoms with Crippen molar-refractivity contribution in [2.75, 3.05) is 45.6 Å². The number of nitrogens with one attached hydrogen (secondary N) is 1. The highest BCUT2D eigenvalue weighted by Crippen LogP contribution is 2.17. The third-order valence-electron chi connectivity index (χ3n) is 4.21. The van der Waals surface area contributed by atoms with Crippen LogP contribution in [0, 0.1) is 5.92 Å². The Kier molecular flexibility index (Phi) is 5.57. The molecule has 0 spiro atoms. The van der Waals surface area contributed by atoms with Crippen molar-refractivity contribution in [2.24, 2.45) is 5.92 Å². The molecule has 1 aliphatic rings. The fraction of sp³-hybridized carbons (Fsp3) is 0.389. The number of carbonyl (C=O) groups is 1. The average Bonchev–Trinajstić information content (AvgIpc) is 2.84. The summed E-state index contributed by atoms with van der Waals surface area (Å²) in [5, 5.41) is 2.99. The Balaban J connectivity index is 1.58. The maximum Gasteiger partial charge on any atom is 0.251 e. The molecule has 7 nitrogen and oxygen atoms in total. The van der Waals surface area contributed by atoms with E-state index in [9.17, 15) is 4.79 Å². The second-order valence-corrected chi connectivity index (χ2v) is 6.32. The molecule has 3 N–H and O–H groups in total. The first-order valence-electron chi connectivity index (χ1n) is 8.34. The highest BCUT2D eigenvalue weighted by Gasteiger charge is 2.17. The first-order valence-corrected chi connectivity index (χ1v) is 8.34. The van der Waals surface area contributed by atoms with Crippen LogP contribution in [0.25, 0.3) is 11.3 Å². The molecule has 1 fully saturated rings. The number of hydrogen-bond donors (Lipinski definition) is 2. The van der Waals surface area contributed by atoms with Gasteiger partial charge in [-0.05, 0) is 19.2 Å². The fourth-order valence-electron chi connectivity index (χ4n) is 2.80. The van der Waals surface area contributed by atoms with E-state index in [4.69, 9.17) is 10.5 Å². The maximum atomic E-state index is 12.3. The SMILES string of the molecule is CN1CCOC[C@@H](CNC(=O)c2ccc(-c3cnc(N)cn3)cc2)C1. The van der Waals surface area contributed by atoms with Gasteiger partial charge in [-0.15, -0.1) is 0 Å². The summed E-state index contributed by atoms with van der Waals surface area (Å²) in [5.41, 5.74) is 7.78. The zero-order chi connectivity index (χ0) is 17.6. The minimum absolute atomic E-state index is 0.0816. The number of aromatic nitrogens is 2. The van der Waals surface area contributed by atoms with E-state index in [-0.39, 0.29) is 5.91 Å². The molecule has 0 aliphatic carbocycles. The molecule has 0 saturated carbocycles. The molecule has 0 bridgehead atoms. The van der Waals surface area contributed by atoms with Crippen molar-refractivity contribution in [1.82, 2.24) is 20.2 Å². The van der Waals surface area contributed by atoms with Crippen LogP contribution in [0.3, 0.4) is 0 Å². The van der Waals surface area contributed by atoms with Gasteiger partial charge in [0.25, 0.3) is 5.91 Å². The number of hydrogen-bond acceptors (Lipinski definition) is 6. The predicted molar refractivity (Wildman–Crippen MR) is 96.0 cm³/mol. The van der Waals surface area contributed by atoms with Crippen molar-refractivity contribution in [3.8, 4) is 11.3 Å². The molecular formula is C18H23N5O2. The minimum Gasteiger partial charge on any atom is -0.382 e. The van der Waals surface area contributed by atoms with Gasteiger partial charge in [-0.3, -0.25) is 9.78 Å². The summed E-state index contributed by atoms with van der Waals surface area (Å²) in [5.74, 6) is 0.607. The average molecular weight is 341 g/mol. The first-order chi connectivity index (χ1) is 12.1. The Labute approximate surface area is 147 Å². The van der Waals surface area contributed by atoms with E-state index in [0.717, 1.165) is 31.0 Å². The molecule has 3 rings (SSSR count). The van der Waals surface area contributed by atoms with Crippen LogP contribution >= 0.6 is 0 Å². The number of nitrogens with two attached hydrogens (primary N) is 1. The van der Waals surface area contributed by atoms with E-state index in [1.54, 1.807) is 18.3 Å². The van der Waals surface area contributed by atoms with Gasteiger partial charge < -0.3 is 20.7 Å². The largest absolute Gasteiger partial charge is 0.382 e. The number of nitrogens with zero attached hydrogens (tertiary/aromatic N) is 3. The number of carbonyl (C=O) groups excluding carboxylic acids is 1. The van der Waals surface area contributed by atoms with Gasteiger partial charge in [0.1, 0.15) is 5.82 Å². The summed E-state index contributed by atoms with van der Waals surface area (Å²) in [6.07, 6.45) is 3.13. The molecular weight excluding hydrogens is 318 g/mol. The lowest BCUT2D eigenvalue weighted by Crippen LogP contribution is -2.35. The summed E-state index contributed by atoms with van der Waals surface area (Å²) >= 11 is 0. The van der Waals surface area contributed by atoms with Crippen LogP contribution in [0.2, 0.25) is 0 Å². The second kappa shape index (κ2) is 8.04.